The molecule has 1 aliphatic carbocycles. The number of nitrogens with zero attached hydrogens (tertiary/aromatic N) is 2. The third-order valence-corrected chi connectivity index (χ3v) is 4.77. The van der Waals surface area contributed by atoms with E-state index in [1.165, 1.54) is 23.8 Å². The van der Waals surface area contributed by atoms with Gasteiger partial charge in [-0.15, -0.1) is 11.3 Å². The number of nitro groups is 1. The van der Waals surface area contributed by atoms with Crippen LogP contribution in [-0.4, -0.2) is 15.9 Å². The Balaban J connectivity index is 1.73. The normalized spacial score (nSPS) is 14.6. The lowest BCUT2D eigenvalue weighted by molar-refractivity contribution is -0.384. The summed E-state index contributed by atoms with van der Waals surface area (Å²) in [6, 6.07) is 11.5. The monoisotopic (exact) mass is 322 g/mol. The molecular weight excluding hydrogens is 308 g/mol. The van der Waals surface area contributed by atoms with Crippen LogP contribution in [0.15, 0.2) is 36.4 Å². The Morgan fingerprint density at radius 1 is 1.29 bits per heavy atom. The minimum Gasteiger partial charge on any atom is -0.291 e. The predicted molar refractivity (Wildman–Crippen MR) is 84.7 cm³/mol. The topological polar surface area (TPSA) is 46.4 Å². The molecule has 1 aromatic carbocycles. The number of nitro benzene ring substituents is 1. The second-order valence-corrected chi connectivity index (χ2v) is 7.07. The van der Waals surface area contributed by atoms with Gasteiger partial charge in [0.25, 0.3) is 5.69 Å². The van der Waals surface area contributed by atoms with Crippen molar-refractivity contribution >= 4 is 28.6 Å². The van der Waals surface area contributed by atoms with Crippen LogP contribution >= 0.6 is 22.9 Å². The van der Waals surface area contributed by atoms with Gasteiger partial charge in [-0.2, -0.15) is 0 Å². The van der Waals surface area contributed by atoms with Gasteiger partial charge < -0.3 is 0 Å². The molecule has 0 amide bonds. The highest BCUT2D eigenvalue weighted by Crippen LogP contribution is 2.32. The Labute approximate surface area is 132 Å². The molecule has 0 spiro atoms. The van der Waals surface area contributed by atoms with E-state index in [0.29, 0.717) is 6.04 Å². The first kappa shape index (κ1) is 14.5. The highest BCUT2D eigenvalue weighted by molar-refractivity contribution is 7.16. The van der Waals surface area contributed by atoms with Crippen molar-refractivity contribution in [1.82, 2.24) is 4.90 Å². The number of benzene rings is 1. The average molecular weight is 323 g/mol. The summed E-state index contributed by atoms with van der Waals surface area (Å²) in [6.07, 6.45) is 2.40. The van der Waals surface area contributed by atoms with Crippen molar-refractivity contribution in [3.63, 3.8) is 0 Å². The molecular formula is C15H15ClN2O2S. The molecule has 0 aliphatic heterocycles. The van der Waals surface area contributed by atoms with Gasteiger partial charge in [-0.3, -0.25) is 15.0 Å². The van der Waals surface area contributed by atoms with E-state index in [0.717, 1.165) is 23.0 Å². The van der Waals surface area contributed by atoms with Gasteiger partial charge in [0, 0.05) is 36.1 Å². The maximum atomic E-state index is 10.9. The van der Waals surface area contributed by atoms with Crippen LogP contribution in [0.4, 0.5) is 5.69 Å². The number of halogens is 1. The van der Waals surface area contributed by atoms with Gasteiger partial charge in [0.15, 0.2) is 0 Å². The third-order valence-electron chi connectivity index (χ3n) is 3.56. The van der Waals surface area contributed by atoms with Crippen molar-refractivity contribution in [3.05, 3.63) is 61.3 Å². The molecule has 1 fully saturated rings. The molecule has 1 aliphatic rings. The van der Waals surface area contributed by atoms with E-state index in [4.69, 9.17) is 11.6 Å². The van der Waals surface area contributed by atoms with Crippen LogP contribution in [0.1, 0.15) is 23.3 Å². The first-order chi connectivity index (χ1) is 10.1. The molecule has 21 heavy (non-hydrogen) atoms. The minimum atomic E-state index is -0.343. The Morgan fingerprint density at radius 2 is 2.10 bits per heavy atom. The fraction of sp³-hybridized carbons (Fsp3) is 0.333. The Bertz CT molecular complexity index is 655. The first-order valence-electron chi connectivity index (χ1n) is 6.83. The maximum absolute atomic E-state index is 10.9. The molecule has 0 bridgehead atoms. The Kier molecular flexibility index (Phi) is 4.24. The summed E-state index contributed by atoms with van der Waals surface area (Å²) in [5.41, 5.74) is 1.14. The van der Waals surface area contributed by atoms with Gasteiger partial charge in [0.05, 0.1) is 9.26 Å². The van der Waals surface area contributed by atoms with Crippen molar-refractivity contribution in [2.75, 3.05) is 0 Å². The van der Waals surface area contributed by atoms with Gasteiger partial charge in [0.1, 0.15) is 0 Å². The first-order valence-corrected chi connectivity index (χ1v) is 8.03. The molecule has 3 rings (SSSR count). The van der Waals surface area contributed by atoms with Crippen molar-refractivity contribution < 1.29 is 4.92 Å². The number of hydrogen-bond acceptors (Lipinski definition) is 4. The SMILES string of the molecule is O=[N+]([O-])c1cccc(CN(Cc2ccc(Cl)s2)C2CC2)c1. The molecule has 110 valence electrons. The number of rotatable bonds is 6. The standard InChI is InChI=1S/C15H15ClN2O2S/c16-15-7-6-14(21-15)10-17(12-4-5-12)9-11-2-1-3-13(8-11)18(19)20/h1-3,6-8,12H,4-5,9-10H2. The fourth-order valence-electron chi connectivity index (χ4n) is 2.39. The predicted octanol–water partition coefficient (Wildman–Crippen LogP) is 4.47. The van der Waals surface area contributed by atoms with Gasteiger partial charge in [-0.25, -0.2) is 0 Å². The van der Waals surface area contributed by atoms with Gasteiger partial charge in [-0.1, -0.05) is 23.7 Å². The zero-order valence-corrected chi connectivity index (χ0v) is 12.9. The number of hydrogen-bond donors (Lipinski definition) is 0. The molecule has 1 saturated carbocycles. The average Bonchev–Trinajstić information content (AvgIpc) is 3.22. The maximum Gasteiger partial charge on any atom is 0.269 e. The summed E-state index contributed by atoms with van der Waals surface area (Å²) >= 11 is 7.58. The number of non-ortho nitro benzene ring substituents is 1. The molecule has 0 saturated heterocycles. The van der Waals surface area contributed by atoms with Crippen LogP contribution in [0.3, 0.4) is 0 Å². The van der Waals surface area contributed by atoms with E-state index in [1.807, 2.05) is 12.1 Å². The van der Waals surface area contributed by atoms with Crippen LogP contribution in [0.5, 0.6) is 0 Å². The van der Waals surface area contributed by atoms with Crippen LogP contribution in [0.2, 0.25) is 4.34 Å². The molecule has 0 N–H and O–H groups in total. The molecule has 0 unspecified atom stereocenters. The van der Waals surface area contributed by atoms with Crippen molar-refractivity contribution in [2.24, 2.45) is 0 Å². The summed E-state index contributed by atoms with van der Waals surface area (Å²) < 4.78 is 0.802. The summed E-state index contributed by atoms with van der Waals surface area (Å²) in [7, 11) is 0. The van der Waals surface area contributed by atoms with Gasteiger partial charge in [0.2, 0.25) is 0 Å². The molecule has 1 aromatic heterocycles. The van der Waals surface area contributed by atoms with Crippen LogP contribution < -0.4 is 0 Å². The van der Waals surface area contributed by atoms with Crippen LogP contribution in [0, 0.1) is 10.1 Å². The molecule has 0 radical (unpaired) electrons. The van der Waals surface area contributed by atoms with E-state index in [9.17, 15) is 10.1 Å². The minimum absolute atomic E-state index is 0.155. The van der Waals surface area contributed by atoms with Gasteiger partial charge >= 0.3 is 0 Å². The number of thiophene rings is 1. The zero-order chi connectivity index (χ0) is 14.8. The largest absolute Gasteiger partial charge is 0.291 e. The summed E-state index contributed by atoms with van der Waals surface area (Å²) in [5.74, 6) is 0. The van der Waals surface area contributed by atoms with E-state index in [-0.39, 0.29) is 10.6 Å². The van der Waals surface area contributed by atoms with Crippen molar-refractivity contribution in [1.29, 1.82) is 0 Å². The molecule has 4 nitrogen and oxygen atoms in total. The second-order valence-electron chi connectivity index (χ2n) is 5.27. The van der Waals surface area contributed by atoms with E-state index in [1.54, 1.807) is 23.5 Å². The molecule has 0 atom stereocenters. The highest BCUT2D eigenvalue weighted by atomic mass is 35.5. The van der Waals surface area contributed by atoms with Gasteiger partial charge in [-0.05, 0) is 30.5 Å². The Morgan fingerprint density at radius 3 is 2.71 bits per heavy atom. The fourth-order valence-corrected chi connectivity index (χ4v) is 3.51. The van der Waals surface area contributed by atoms with E-state index in [2.05, 4.69) is 11.0 Å². The lowest BCUT2D eigenvalue weighted by atomic mass is 10.2. The van der Waals surface area contributed by atoms with Crippen molar-refractivity contribution in [2.45, 2.75) is 32.0 Å². The molecule has 6 heteroatoms. The van der Waals surface area contributed by atoms with Crippen LogP contribution in [0.25, 0.3) is 0 Å². The summed E-state index contributed by atoms with van der Waals surface area (Å²) in [5, 5.41) is 10.9. The summed E-state index contributed by atoms with van der Waals surface area (Å²) in [6.45, 7) is 1.59. The zero-order valence-electron chi connectivity index (χ0n) is 11.4. The molecule has 2 aromatic rings. The molecule has 1 heterocycles. The quantitative estimate of drug-likeness (QED) is 0.582. The van der Waals surface area contributed by atoms with Crippen molar-refractivity contribution in [3.8, 4) is 0 Å². The third kappa shape index (κ3) is 3.81. The smallest absolute Gasteiger partial charge is 0.269 e. The highest BCUT2D eigenvalue weighted by Gasteiger charge is 2.29. The lowest BCUT2D eigenvalue weighted by Gasteiger charge is -2.21. The van der Waals surface area contributed by atoms with E-state index >= 15 is 0 Å². The van der Waals surface area contributed by atoms with Crippen LogP contribution in [-0.2, 0) is 13.1 Å². The second kappa shape index (κ2) is 6.13. The Hall–Kier alpha value is -1.43. The summed E-state index contributed by atoms with van der Waals surface area (Å²) in [4.78, 5) is 14.1. The lowest BCUT2D eigenvalue weighted by Crippen LogP contribution is -2.24. The van der Waals surface area contributed by atoms with E-state index < -0.39 is 0 Å².